The van der Waals surface area contributed by atoms with E-state index in [1.807, 2.05) is 43.3 Å². The Labute approximate surface area is 209 Å². The van der Waals surface area contributed by atoms with Crippen LogP contribution in [0.4, 0.5) is 11.4 Å². The first-order valence-corrected chi connectivity index (χ1v) is 14.0. The number of anilines is 2. The first kappa shape index (κ1) is 25.4. The zero-order chi connectivity index (χ0) is 24.8. The number of nitrogens with one attached hydrogen (secondary N) is 1. The molecule has 35 heavy (non-hydrogen) atoms. The van der Waals surface area contributed by atoms with Gasteiger partial charge in [0.05, 0.1) is 0 Å². The van der Waals surface area contributed by atoms with Gasteiger partial charge < -0.3 is 15.1 Å². The van der Waals surface area contributed by atoms with Crippen LogP contribution in [0.5, 0.6) is 0 Å². The standard InChI is InChI=1S/C27H36N4O3S/c1-3-29-16-18-30(19-17-29)25-9-10-26(22(2)21-25)28-27(32)24-11-14-31(15-12-24)35(33,34)20-13-23-7-5-4-6-8-23/h4-10,13,20-21,24H,3,11-12,14-19H2,1-2H3,(H,28,32)/b20-13+. The minimum Gasteiger partial charge on any atom is -0.369 e. The molecule has 2 aliphatic rings. The van der Waals surface area contributed by atoms with Crippen LogP contribution >= 0.6 is 0 Å². The van der Waals surface area contributed by atoms with Crippen LogP contribution in [0.15, 0.2) is 53.9 Å². The maximum atomic E-state index is 12.9. The molecular formula is C27H36N4O3S. The molecule has 2 aliphatic heterocycles. The summed E-state index contributed by atoms with van der Waals surface area (Å²) in [5.74, 6) is -0.227. The number of benzene rings is 2. The van der Waals surface area contributed by atoms with Crippen molar-refractivity contribution in [3.8, 4) is 0 Å². The van der Waals surface area contributed by atoms with E-state index in [4.69, 9.17) is 0 Å². The van der Waals surface area contributed by atoms with E-state index in [9.17, 15) is 13.2 Å². The fraction of sp³-hybridized carbons (Fsp3) is 0.444. The van der Waals surface area contributed by atoms with Gasteiger partial charge in [-0.3, -0.25) is 4.79 Å². The Bertz CT molecular complexity index is 1130. The van der Waals surface area contributed by atoms with Crippen molar-refractivity contribution < 1.29 is 13.2 Å². The molecule has 0 aromatic heterocycles. The van der Waals surface area contributed by atoms with E-state index in [-0.39, 0.29) is 11.8 Å². The number of carbonyl (C=O) groups excluding carboxylic acids is 1. The van der Waals surface area contributed by atoms with E-state index in [1.165, 1.54) is 15.4 Å². The molecule has 7 nitrogen and oxygen atoms in total. The third-order valence-corrected chi connectivity index (χ3v) is 8.63. The summed E-state index contributed by atoms with van der Waals surface area (Å²) in [5, 5.41) is 4.34. The number of piperazine rings is 1. The SMILES string of the molecule is CCN1CCN(c2ccc(NC(=O)C3CCN(S(=O)(=O)/C=C/c4ccccc4)CC3)c(C)c2)CC1. The lowest BCUT2D eigenvalue weighted by molar-refractivity contribution is -0.120. The molecule has 8 heteroatoms. The maximum Gasteiger partial charge on any atom is 0.236 e. The highest BCUT2D eigenvalue weighted by Crippen LogP contribution is 2.26. The Balaban J connectivity index is 1.30. The Morgan fingerprint density at radius 3 is 2.31 bits per heavy atom. The molecule has 4 rings (SSSR count). The molecule has 0 atom stereocenters. The summed E-state index contributed by atoms with van der Waals surface area (Å²) in [7, 11) is -3.50. The molecule has 2 aromatic carbocycles. The topological polar surface area (TPSA) is 73.0 Å². The van der Waals surface area contributed by atoms with E-state index < -0.39 is 10.0 Å². The quantitative estimate of drug-likeness (QED) is 0.632. The van der Waals surface area contributed by atoms with Crippen molar-refractivity contribution in [2.45, 2.75) is 26.7 Å². The summed E-state index contributed by atoms with van der Waals surface area (Å²) in [6.07, 6.45) is 2.65. The second-order valence-corrected chi connectivity index (χ2v) is 11.2. The lowest BCUT2D eigenvalue weighted by Gasteiger charge is -2.35. The van der Waals surface area contributed by atoms with E-state index in [2.05, 4.69) is 34.2 Å². The predicted octanol–water partition coefficient (Wildman–Crippen LogP) is 3.79. The van der Waals surface area contributed by atoms with Crippen molar-refractivity contribution >= 4 is 33.4 Å². The third kappa shape index (κ3) is 6.51. The van der Waals surface area contributed by atoms with Crippen molar-refractivity contribution in [2.24, 2.45) is 5.92 Å². The molecule has 2 fully saturated rings. The predicted molar refractivity (Wildman–Crippen MR) is 143 cm³/mol. The summed E-state index contributed by atoms with van der Waals surface area (Å²) in [4.78, 5) is 17.8. The van der Waals surface area contributed by atoms with Gasteiger partial charge in [0.1, 0.15) is 0 Å². The fourth-order valence-electron chi connectivity index (χ4n) is 4.73. The van der Waals surface area contributed by atoms with Crippen molar-refractivity contribution in [3.63, 3.8) is 0 Å². The monoisotopic (exact) mass is 496 g/mol. The van der Waals surface area contributed by atoms with Crippen molar-refractivity contribution in [1.29, 1.82) is 0 Å². The van der Waals surface area contributed by atoms with Gasteiger partial charge in [-0.15, -0.1) is 0 Å². The van der Waals surface area contributed by atoms with Gasteiger partial charge in [-0.05, 0) is 61.7 Å². The molecule has 0 radical (unpaired) electrons. The number of hydrogen-bond acceptors (Lipinski definition) is 5. The first-order chi connectivity index (χ1) is 16.9. The van der Waals surface area contributed by atoms with Crippen LogP contribution in [0.1, 0.15) is 30.9 Å². The first-order valence-electron chi connectivity index (χ1n) is 12.5. The smallest absolute Gasteiger partial charge is 0.236 e. The zero-order valence-corrected chi connectivity index (χ0v) is 21.5. The van der Waals surface area contributed by atoms with Gasteiger partial charge in [-0.2, -0.15) is 4.31 Å². The van der Waals surface area contributed by atoms with E-state index in [0.717, 1.165) is 49.5 Å². The lowest BCUT2D eigenvalue weighted by Crippen LogP contribution is -2.46. The van der Waals surface area contributed by atoms with E-state index in [0.29, 0.717) is 25.9 Å². The molecule has 0 bridgehead atoms. The number of sulfonamides is 1. The summed E-state index contributed by atoms with van der Waals surface area (Å²) in [6, 6.07) is 15.6. The number of likely N-dealkylation sites (N-methyl/N-ethyl adjacent to an activating group) is 1. The van der Waals surface area contributed by atoms with Crippen molar-refractivity contribution in [3.05, 3.63) is 65.1 Å². The molecule has 0 unspecified atom stereocenters. The van der Waals surface area contributed by atoms with Crippen LogP contribution in [0.2, 0.25) is 0 Å². The Morgan fingerprint density at radius 2 is 1.69 bits per heavy atom. The normalized spacial score (nSPS) is 18.7. The molecule has 0 saturated carbocycles. The average Bonchev–Trinajstić information content (AvgIpc) is 2.89. The number of piperidine rings is 1. The number of nitrogens with zero attached hydrogens (tertiary/aromatic N) is 3. The molecule has 2 heterocycles. The molecule has 1 N–H and O–H groups in total. The van der Waals surface area contributed by atoms with E-state index >= 15 is 0 Å². The number of aryl methyl sites for hydroxylation is 1. The number of amides is 1. The molecular weight excluding hydrogens is 460 g/mol. The summed E-state index contributed by atoms with van der Waals surface area (Å²) in [6.45, 7) is 10.2. The van der Waals surface area contributed by atoms with Crippen LogP contribution in [0.25, 0.3) is 6.08 Å². The number of hydrogen-bond donors (Lipinski definition) is 1. The Kier molecular flexibility index (Phi) is 8.26. The van der Waals surface area contributed by atoms with Crippen LogP contribution in [0, 0.1) is 12.8 Å². The molecule has 1 amide bonds. The highest BCUT2D eigenvalue weighted by Gasteiger charge is 2.30. The van der Waals surface area contributed by atoms with Gasteiger partial charge in [0.2, 0.25) is 15.9 Å². The van der Waals surface area contributed by atoms with Crippen molar-refractivity contribution in [2.75, 3.05) is 56.0 Å². The van der Waals surface area contributed by atoms with Crippen LogP contribution in [-0.4, -0.2) is 69.3 Å². The van der Waals surface area contributed by atoms with Gasteiger partial charge in [0.25, 0.3) is 0 Å². The molecule has 188 valence electrons. The minimum atomic E-state index is -3.50. The van der Waals surface area contributed by atoms with E-state index in [1.54, 1.807) is 6.08 Å². The van der Waals surface area contributed by atoms with Crippen LogP contribution < -0.4 is 10.2 Å². The second-order valence-electron chi connectivity index (χ2n) is 9.34. The molecule has 0 aliphatic carbocycles. The summed E-state index contributed by atoms with van der Waals surface area (Å²) < 4.78 is 26.9. The van der Waals surface area contributed by atoms with Gasteiger partial charge in [-0.25, -0.2) is 8.42 Å². The molecule has 0 spiro atoms. The Morgan fingerprint density at radius 1 is 1.00 bits per heavy atom. The van der Waals surface area contributed by atoms with Gasteiger partial charge in [0.15, 0.2) is 0 Å². The van der Waals surface area contributed by atoms with Crippen molar-refractivity contribution in [1.82, 2.24) is 9.21 Å². The minimum absolute atomic E-state index is 0.0331. The van der Waals surface area contributed by atoms with Gasteiger partial charge in [0, 0.05) is 62.0 Å². The number of carbonyl (C=O) groups is 1. The average molecular weight is 497 g/mol. The zero-order valence-electron chi connectivity index (χ0n) is 20.7. The molecule has 2 saturated heterocycles. The summed E-state index contributed by atoms with van der Waals surface area (Å²) >= 11 is 0. The third-order valence-electron chi connectivity index (χ3n) is 7.07. The van der Waals surface area contributed by atoms with Crippen LogP contribution in [-0.2, 0) is 14.8 Å². The second kappa shape index (κ2) is 11.4. The summed E-state index contributed by atoms with van der Waals surface area (Å²) in [5.41, 5.74) is 3.90. The Hall–Kier alpha value is -2.68. The fourth-order valence-corrected chi connectivity index (χ4v) is 5.95. The number of rotatable bonds is 7. The molecule has 2 aromatic rings. The highest BCUT2D eigenvalue weighted by atomic mass is 32.2. The van der Waals surface area contributed by atoms with Gasteiger partial charge >= 0.3 is 0 Å². The van der Waals surface area contributed by atoms with Crippen LogP contribution in [0.3, 0.4) is 0 Å². The maximum absolute atomic E-state index is 12.9. The lowest BCUT2D eigenvalue weighted by atomic mass is 9.97. The van der Waals surface area contributed by atoms with Gasteiger partial charge in [-0.1, -0.05) is 37.3 Å². The highest BCUT2D eigenvalue weighted by molar-refractivity contribution is 7.92. The largest absolute Gasteiger partial charge is 0.369 e.